The first-order chi connectivity index (χ1) is 59.3. The molecule has 2 N–H and O–H groups in total. The third kappa shape index (κ3) is 12.3. The predicted molar refractivity (Wildman–Crippen MR) is 520 cm³/mol. The summed E-state index contributed by atoms with van der Waals surface area (Å²) in [7, 11) is -1.54. The van der Waals surface area contributed by atoms with E-state index in [0.29, 0.717) is 5.46 Å². The first kappa shape index (κ1) is 71.9. The number of benzene rings is 24. The quantitative estimate of drug-likeness (QED) is 0.0904. The first-order valence-corrected chi connectivity index (χ1v) is 41.9. The molecular weight excluding hydrogens is 1520 g/mol. The molecule has 0 saturated carbocycles. The predicted octanol–water partition coefficient (Wildman–Crippen LogP) is 31.3. The van der Waals surface area contributed by atoms with E-state index in [1.165, 1.54) is 196 Å². The highest BCUT2D eigenvalue weighted by Gasteiger charge is 2.25. The zero-order valence-corrected chi connectivity index (χ0v) is 67.0. The van der Waals surface area contributed by atoms with E-state index in [1.54, 1.807) is 0 Å². The Labute approximate surface area is 703 Å². The molecule has 0 aromatic heterocycles. The number of hydrogen-bond acceptors (Lipinski definition) is 2. The summed E-state index contributed by atoms with van der Waals surface area (Å²) >= 11 is 3.65. The summed E-state index contributed by atoms with van der Waals surface area (Å²) in [5, 5.41) is 55.0. The Morgan fingerprint density at radius 2 is 0.408 bits per heavy atom. The zero-order chi connectivity index (χ0) is 79.9. The Balaban J connectivity index is 0.000000118. The van der Waals surface area contributed by atoms with Gasteiger partial charge in [-0.05, 0) is 264 Å². The van der Waals surface area contributed by atoms with Gasteiger partial charge in [0.1, 0.15) is 0 Å². The molecule has 0 radical (unpaired) electrons. The smallest absolute Gasteiger partial charge is 0.423 e. The van der Waals surface area contributed by atoms with Gasteiger partial charge in [0.2, 0.25) is 0 Å². The van der Waals surface area contributed by atoms with E-state index in [1.807, 2.05) is 36.4 Å². The molecule has 0 heterocycles. The molecule has 0 bridgehead atoms. The molecule has 0 aliphatic rings. The van der Waals surface area contributed by atoms with Gasteiger partial charge in [0.05, 0.1) is 0 Å². The summed E-state index contributed by atoms with van der Waals surface area (Å²) in [6, 6.07) is 158. The third-order valence-electron chi connectivity index (χ3n) is 24.8. The molecule has 0 atom stereocenters. The van der Waals surface area contributed by atoms with Crippen LogP contribution in [-0.4, -0.2) is 17.2 Å². The average Bonchev–Trinajstić information content (AvgIpc) is 0.723. The van der Waals surface area contributed by atoms with Crippen molar-refractivity contribution in [3.63, 3.8) is 0 Å². The standard InChI is InChI=1S/C58H36.C30H21BO2.C28H17Br/c1-2-19-42-37(15-1)16-14-30-43(42)38-31-33-39(34-32-38)56-50-26-9-11-28-52(50)57(53-29-12-10-27-51(53)56)41-18-13-17-40(35-41)54-36-55-46-22-4-3-20-44(46)45-21-5-7-24-48(45)58(55)49-25-8-6-23-47(49)54;32-31(33)30-27-13-5-3-11-25(27)29(26-12-4-6-14-28(26)30)22-18-16-21(17-19-22)24-15-7-9-20-8-1-2-10-23(20)24;29-19-9-7-8-18(16-19)26-17-27-22-12-2-1-10-20(22)21-11-3-5-14-24(21)28(27)25-15-6-4-13-23(25)26/h1-36H;1-19,32-33H;1-17H. The van der Waals surface area contributed by atoms with Gasteiger partial charge in [-0.25, -0.2) is 0 Å². The fraction of sp³-hybridized carbons (Fsp3) is 0. The Hall–Kier alpha value is -14.6. The summed E-state index contributed by atoms with van der Waals surface area (Å²) in [6.07, 6.45) is 0. The molecule has 0 spiro atoms. The van der Waals surface area contributed by atoms with Gasteiger partial charge in [0.15, 0.2) is 0 Å². The van der Waals surface area contributed by atoms with E-state index in [0.717, 1.165) is 37.1 Å². The highest BCUT2D eigenvalue weighted by atomic mass is 79.9. The van der Waals surface area contributed by atoms with E-state index in [4.69, 9.17) is 0 Å². The lowest BCUT2D eigenvalue weighted by molar-refractivity contribution is 0.426. The molecule has 2 nitrogen and oxygen atoms in total. The molecule has 24 aromatic carbocycles. The number of hydrogen-bond donors (Lipinski definition) is 2. The summed E-state index contributed by atoms with van der Waals surface area (Å²) in [4.78, 5) is 0. The number of rotatable bonds is 8. The SMILES string of the molecule is Brc1cccc(-c2cc3c4ccccc4c4ccccc4c3c3ccccc23)c1.OB(O)c1c2ccccc2c(-c2ccc(-c3cccc4ccccc34)cc2)c2ccccc12.c1cc(-c2c3ccccc3c(-c3ccc(-c4cccc5ccccc45)cc3)c3ccccc23)cc(-c2cc3c4ccccc4c4ccccc4c3c3ccccc23)c1. The second-order valence-electron chi connectivity index (χ2n) is 31.4. The van der Waals surface area contributed by atoms with Gasteiger partial charge in [-0.1, -0.05) is 422 Å². The van der Waals surface area contributed by atoms with Crippen LogP contribution >= 0.6 is 15.9 Å². The van der Waals surface area contributed by atoms with Crippen LogP contribution < -0.4 is 5.46 Å². The normalized spacial score (nSPS) is 11.6. The van der Waals surface area contributed by atoms with Gasteiger partial charge in [-0.3, -0.25) is 0 Å². The minimum atomic E-state index is -1.54. The van der Waals surface area contributed by atoms with E-state index in [-0.39, 0.29) is 0 Å². The topological polar surface area (TPSA) is 40.5 Å². The first-order valence-electron chi connectivity index (χ1n) is 41.1. The maximum absolute atomic E-state index is 10.2. The molecule has 0 saturated heterocycles. The van der Waals surface area contributed by atoms with Crippen LogP contribution in [0.4, 0.5) is 0 Å². The van der Waals surface area contributed by atoms with Crippen molar-refractivity contribution in [1.29, 1.82) is 0 Å². The minimum absolute atomic E-state index is 0.553. The van der Waals surface area contributed by atoms with Gasteiger partial charge in [-0.2, -0.15) is 0 Å². The summed E-state index contributed by atoms with van der Waals surface area (Å²) < 4.78 is 1.10. The van der Waals surface area contributed by atoms with Gasteiger partial charge in [0, 0.05) is 4.47 Å². The van der Waals surface area contributed by atoms with Crippen LogP contribution in [0, 0.1) is 0 Å². The largest absolute Gasteiger partial charge is 0.489 e. The van der Waals surface area contributed by atoms with Crippen molar-refractivity contribution < 1.29 is 10.0 Å². The molecule has 4 heteroatoms. The van der Waals surface area contributed by atoms with Crippen LogP contribution in [0.2, 0.25) is 0 Å². The molecule has 0 amide bonds. The van der Waals surface area contributed by atoms with Crippen LogP contribution in [0.3, 0.4) is 0 Å². The Morgan fingerprint density at radius 3 is 0.783 bits per heavy atom. The van der Waals surface area contributed by atoms with E-state index in [2.05, 4.69) is 416 Å². The van der Waals surface area contributed by atoms with Crippen molar-refractivity contribution in [3.05, 3.63) is 441 Å². The molecule has 120 heavy (non-hydrogen) atoms. The molecule has 560 valence electrons. The highest BCUT2D eigenvalue weighted by molar-refractivity contribution is 9.10. The molecule has 24 aromatic rings. The van der Waals surface area contributed by atoms with Crippen molar-refractivity contribution in [1.82, 2.24) is 0 Å². The lowest BCUT2D eigenvalue weighted by Crippen LogP contribution is -2.31. The second kappa shape index (κ2) is 30.1. The molecule has 0 aliphatic heterocycles. The third-order valence-corrected chi connectivity index (χ3v) is 25.3. The van der Waals surface area contributed by atoms with Crippen LogP contribution in [0.25, 0.3) is 229 Å². The minimum Gasteiger partial charge on any atom is -0.423 e. The monoisotopic (exact) mass is 1590 g/mol. The second-order valence-corrected chi connectivity index (χ2v) is 32.3. The molecule has 0 aliphatic carbocycles. The zero-order valence-electron chi connectivity index (χ0n) is 65.4. The average molecular weight is 1590 g/mol. The lowest BCUT2D eigenvalue weighted by Gasteiger charge is -2.19. The van der Waals surface area contributed by atoms with E-state index < -0.39 is 7.12 Å². The number of fused-ring (bicyclic) bond motifs is 22. The van der Waals surface area contributed by atoms with E-state index in [9.17, 15) is 10.0 Å². The van der Waals surface area contributed by atoms with Crippen LogP contribution in [0.5, 0.6) is 0 Å². The maximum Gasteiger partial charge on any atom is 0.489 e. The van der Waals surface area contributed by atoms with Gasteiger partial charge in [-0.15, -0.1) is 0 Å². The van der Waals surface area contributed by atoms with Gasteiger partial charge >= 0.3 is 7.12 Å². The van der Waals surface area contributed by atoms with Crippen LogP contribution in [0.1, 0.15) is 0 Å². The fourth-order valence-electron chi connectivity index (χ4n) is 19.6. The van der Waals surface area contributed by atoms with Crippen molar-refractivity contribution in [2.75, 3.05) is 0 Å². The van der Waals surface area contributed by atoms with Crippen molar-refractivity contribution in [2.45, 2.75) is 0 Å². The van der Waals surface area contributed by atoms with E-state index >= 15 is 0 Å². The molecule has 24 rings (SSSR count). The van der Waals surface area contributed by atoms with Crippen LogP contribution in [0.15, 0.2) is 441 Å². The summed E-state index contributed by atoms with van der Waals surface area (Å²) in [6.45, 7) is 0. The van der Waals surface area contributed by atoms with Gasteiger partial charge in [0.25, 0.3) is 0 Å². The summed E-state index contributed by atoms with van der Waals surface area (Å²) in [5.74, 6) is 0. The lowest BCUT2D eigenvalue weighted by atomic mass is 9.72. The highest BCUT2D eigenvalue weighted by Crippen LogP contribution is 2.49. The number of halogens is 1. The molecular formula is C116H74BBrO2. The maximum atomic E-state index is 10.2. The Bertz CT molecular complexity index is 8150. The fourth-order valence-corrected chi connectivity index (χ4v) is 20.0. The van der Waals surface area contributed by atoms with Crippen molar-refractivity contribution in [3.8, 4) is 77.9 Å². The van der Waals surface area contributed by atoms with Gasteiger partial charge < -0.3 is 10.0 Å². The van der Waals surface area contributed by atoms with Crippen LogP contribution in [-0.2, 0) is 0 Å². The molecule has 0 unspecified atom stereocenters. The Kier molecular flexibility index (Phi) is 18.1. The van der Waals surface area contributed by atoms with Crippen molar-refractivity contribution in [2.24, 2.45) is 0 Å². The van der Waals surface area contributed by atoms with Crippen molar-refractivity contribution >= 4 is 179 Å². The summed E-state index contributed by atoms with van der Waals surface area (Å²) in [5.41, 5.74) is 17.6. The molecule has 0 fully saturated rings. The Morgan fingerprint density at radius 1 is 0.158 bits per heavy atom.